The Bertz CT molecular complexity index is 536. The van der Waals surface area contributed by atoms with Gasteiger partial charge in [-0.1, -0.05) is 11.6 Å². The maximum absolute atomic E-state index is 13.0. The number of piperidine rings is 1. The number of rotatable bonds is 5. The molecule has 1 heterocycles. The quantitative estimate of drug-likeness (QED) is 0.864. The number of aliphatic hydroxyl groups is 1. The van der Waals surface area contributed by atoms with E-state index in [1.54, 1.807) is 4.90 Å². The zero-order valence-electron chi connectivity index (χ0n) is 13.3. The Labute approximate surface area is 141 Å². The van der Waals surface area contributed by atoms with E-state index in [0.29, 0.717) is 24.8 Å². The normalized spacial score (nSPS) is 16.0. The van der Waals surface area contributed by atoms with Crippen molar-refractivity contribution >= 4 is 23.3 Å². The van der Waals surface area contributed by atoms with Crippen molar-refractivity contribution in [1.82, 2.24) is 9.80 Å². The molecule has 0 aromatic heterocycles. The van der Waals surface area contributed by atoms with E-state index in [1.165, 1.54) is 18.2 Å². The van der Waals surface area contributed by atoms with Crippen LogP contribution in [0.4, 0.5) is 14.9 Å². The molecule has 0 bridgehead atoms. The lowest BCUT2D eigenvalue weighted by Crippen LogP contribution is -2.47. The number of carbonyl (C=O) groups excluding carboxylic acids is 1. The second-order valence-electron chi connectivity index (χ2n) is 5.83. The number of nitrogens with zero attached hydrogens (tertiary/aromatic N) is 2. The van der Waals surface area contributed by atoms with E-state index in [1.807, 2.05) is 7.05 Å². The van der Waals surface area contributed by atoms with E-state index < -0.39 is 5.82 Å². The van der Waals surface area contributed by atoms with E-state index in [0.717, 1.165) is 25.8 Å². The van der Waals surface area contributed by atoms with Gasteiger partial charge in [-0.25, -0.2) is 9.18 Å². The molecule has 23 heavy (non-hydrogen) atoms. The van der Waals surface area contributed by atoms with E-state index >= 15 is 0 Å². The number of likely N-dealkylation sites (tertiary alicyclic amines) is 1. The van der Waals surface area contributed by atoms with Crippen LogP contribution in [0.3, 0.4) is 0 Å². The van der Waals surface area contributed by atoms with Gasteiger partial charge in [0.05, 0.1) is 10.7 Å². The first kappa shape index (κ1) is 18.0. The van der Waals surface area contributed by atoms with Crippen molar-refractivity contribution in [3.63, 3.8) is 0 Å². The molecule has 1 aliphatic heterocycles. The molecule has 0 atom stereocenters. The van der Waals surface area contributed by atoms with Crippen molar-refractivity contribution < 1.29 is 14.3 Å². The van der Waals surface area contributed by atoms with Crippen molar-refractivity contribution in [2.45, 2.75) is 25.3 Å². The Morgan fingerprint density at radius 3 is 2.78 bits per heavy atom. The summed E-state index contributed by atoms with van der Waals surface area (Å²) in [4.78, 5) is 16.3. The average Bonchev–Trinajstić information content (AvgIpc) is 2.55. The molecule has 1 aliphatic rings. The van der Waals surface area contributed by atoms with Crippen LogP contribution >= 0.6 is 11.6 Å². The Kier molecular flexibility index (Phi) is 6.62. The number of hydrogen-bond acceptors (Lipinski definition) is 3. The maximum Gasteiger partial charge on any atom is 0.321 e. The molecule has 7 heteroatoms. The van der Waals surface area contributed by atoms with Gasteiger partial charge in [0.25, 0.3) is 0 Å². The number of benzene rings is 1. The molecule has 2 amide bonds. The molecular formula is C16H23ClFN3O2. The molecule has 128 valence electrons. The van der Waals surface area contributed by atoms with Crippen LogP contribution in [0.5, 0.6) is 0 Å². The largest absolute Gasteiger partial charge is 0.396 e. The van der Waals surface area contributed by atoms with Gasteiger partial charge in [-0.2, -0.15) is 0 Å². The summed E-state index contributed by atoms with van der Waals surface area (Å²) in [6, 6.07) is 4.13. The fraction of sp³-hybridized carbons (Fsp3) is 0.562. The van der Waals surface area contributed by atoms with Gasteiger partial charge < -0.3 is 20.2 Å². The number of nitrogens with one attached hydrogen (secondary N) is 1. The molecular weight excluding hydrogens is 321 g/mol. The monoisotopic (exact) mass is 343 g/mol. The number of carbonyl (C=O) groups is 1. The third kappa shape index (κ3) is 5.06. The highest BCUT2D eigenvalue weighted by molar-refractivity contribution is 6.33. The maximum atomic E-state index is 13.0. The molecule has 2 rings (SSSR count). The molecule has 0 aliphatic carbocycles. The van der Waals surface area contributed by atoms with Crippen molar-refractivity contribution in [2.24, 2.45) is 0 Å². The highest BCUT2D eigenvalue weighted by Crippen LogP contribution is 2.23. The highest BCUT2D eigenvalue weighted by Gasteiger charge is 2.25. The second kappa shape index (κ2) is 8.47. The molecule has 1 aromatic rings. The lowest BCUT2D eigenvalue weighted by molar-refractivity contribution is 0.134. The Hall–Kier alpha value is -1.37. The minimum Gasteiger partial charge on any atom is -0.396 e. The molecule has 0 saturated carbocycles. The van der Waals surface area contributed by atoms with Crippen LogP contribution in [-0.2, 0) is 0 Å². The zero-order valence-corrected chi connectivity index (χ0v) is 14.0. The third-order valence-corrected chi connectivity index (χ3v) is 4.53. The van der Waals surface area contributed by atoms with Gasteiger partial charge in [0.1, 0.15) is 5.82 Å². The summed E-state index contributed by atoms with van der Waals surface area (Å²) in [5.74, 6) is -0.431. The third-order valence-electron chi connectivity index (χ3n) is 4.22. The van der Waals surface area contributed by atoms with Gasteiger partial charge in [-0.3, -0.25) is 0 Å². The van der Waals surface area contributed by atoms with E-state index in [-0.39, 0.29) is 17.7 Å². The summed E-state index contributed by atoms with van der Waals surface area (Å²) in [6.45, 7) is 2.39. The van der Waals surface area contributed by atoms with Gasteiger partial charge in [0, 0.05) is 32.3 Å². The van der Waals surface area contributed by atoms with Crippen LogP contribution in [0.2, 0.25) is 5.02 Å². The SMILES string of the molecule is CN(CCCO)C1CCN(C(=O)Nc2ccc(F)cc2Cl)CC1. The summed E-state index contributed by atoms with van der Waals surface area (Å²) >= 11 is 5.93. The summed E-state index contributed by atoms with van der Waals surface area (Å²) < 4.78 is 13.0. The Morgan fingerprint density at radius 2 is 2.17 bits per heavy atom. The molecule has 5 nitrogen and oxygen atoms in total. The van der Waals surface area contributed by atoms with Gasteiger partial charge in [0.2, 0.25) is 0 Å². The first-order chi connectivity index (χ1) is 11.0. The number of anilines is 1. The molecule has 2 N–H and O–H groups in total. The van der Waals surface area contributed by atoms with Crippen LogP contribution in [0.15, 0.2) is 18.2 Å². The number of amides is 2. The van der Waals surface area contributed by atoms with Crippen LogP contribution in [0.1, 0.15) is 19.3 Å². The van der Waals surface area contributed by atoms with Crippen molar-refractivity contribution in [3.8, 4) is 0 Å². The molecule has 1 saturated heterocycles. The summed E-state index contributed by atoms with van der Waals surface area (Å²) in [5, 5.41) is 11.8. The molecule has 0 unspecified atom stereocenters. The first-order valence-corrected chi connectivity index (χ1v) is 8.21. The summed E-state index contributed by atoms with van der Waals surface area (Å²) in [5.41, 5.74) is 0.417. The zero-order chi connectivity index (χ0) is 16.8. The molecule has 1 aromatic carbocycles. The Balaban J connectivity index is 1.83. The number of hydrogen-bond donors (Lipinski definition) is 2. The molecule has 0 radical (unpaired) electrons. The molecule has 0 spiro atoms. The fourth-order valence-electron chi connectivity index (χ4n) is 2.80. The standard InChI is InChI=1S/C16H23ClFN3O2/c1-20(7-2-10-22)13-5-8-21(9-6-13)16(23)19-15-4-3-12(18)11-14(15)17/h3-4,11,13,22H,2,5-10H2,1H3,(H,19,23). The van der Waals surface area contributed by atoms with Gasteiger partial charge in [0.15, 0.2) is 0 Å². The first-order valence-electron chi connectivity index (χ1n) is 7.83. The van der Waals surface area contributed by atoms with Crippen LogP contribution < -0.4 is 5.32 Å². The Morgan fingerprint density at radius 1 is 1.48 bits per heavy atom. The van der Waals surface area contributed by atoms with Gasteiger partial charge in [-0.05, 0) is 44.5 Å². The average molecular weight is 344 g/mol. The lowest BCUT2D eigenvalue weighted by atomic mass is 10.0. The van der Waals surface area contributed by atoms with Crippen LogP contribution in [-0.4, -0.2) is 60.3 Å². The predicted molar refractivity (Wildman–Crippen MR) is 89.4 cm³/mol. The van der Waals surface area contributed by atoms with Gasteiger partial charge in [-0.15, -0.1) is 0 Å². The van der Waals surface area contributed by atoms with E-state index in [4.69, 9.17) is 16.7 Å². The number of halogens is 2. The topological polar surface area (TPSA) is 55.8 Å². The van der Waals surface area contributed by atoms with Gasteiger partial charge >= 0.3 is 6.03 Å². The van der Waals surface area contributed by atoms with Crippen LogP contribution in [0.25, 0.3) is 0 Å². The smallest absolute Gasteiger partial charge is 0.321 e. The fourth-order valence-corrected chi connectivity index (χ4v) is 3.01. The van der Waals surface area contributed by atoms with Crippen molar-refractivity contribution in [1.29, 1.82) is 0 Å². The van der Waals surface area contributed by atoms with Crippen molar-refractivity contribution in [2.75, 3.05) is 38.6 Å². The summed E-state index contributed by atoms with van der Waals surface area (Å²) in [6.07, 6.45) is 2.55. The van der Waals surface area contributed by atoms with Crippen LogP contribution in [0, 0.1) is 5.82 Å². The van der Waals surface area contributed by atoms with E-state index in [9.17, 15) is 9.18 Å². The lowest BCUT2D eigenvalue weighted by Gasteiger charge is -2.36. The second-order valence-corrected chi connectivity index (χ2v) is 6.24. The highest BCUT2D eigenvalue weighted by atomic mass is 35.5. The summed E-state index contributed by atoms with van der Waals surface area (Å²) in [7, 11) is 2.05. The minimum atomic E-state index is -0.431. The van der Waals surface area contributed by atoms with E-state index in [2.05, 4.69) is 10.2 Å². The number of aliphatic hydroxyl groups excluding tert-OH is 1. The minimum absolute atomic E-state index is 0.192. The van der Waals surface area contributed by atoms with Crippen molar-refractivity contribution in [3.05, 3.63) is 29.0 Å². The predicted octanol–water partition coefficient (Wildman–Crippen LogP) is 2.79. The number of urea groups is 1. The molecule has 1 fully saturated rings.